The summed E-state index contributed by atoms with van der Waals surface area (Å²) in [5, 5.41) is 9.38. The molecule has 1 aliphatic heterocycles. The van der Waals surface area contributed by atoms with Gasteiger partial charge in [0.15, 0.2) is 0 Å². The highest BCUT2D eigenvalue weighted by Gasteiger charge is 2.16. The van der Waals surface area contributed by atoms with Gasteiger partial charge in [0.1, 0.15) is 17.3 Å². The molecule has 0 atom stereocenters. The molecule has 1 N–H and O–H groups in total. The van der Waals surface area contributed by atoms with Crippen molar-refractivity contribution in [3.8, 4) is 0 Å². The number of nitrogens with zero attached hydrogens (tertiary/aromatic N) is 2. The van der Waals surface area contributed by atoms with Gasteiger partial charge in [0, 0.05) is 18.8 Å². The molecule has 0 aromatic carbocycles. The van der Waals surface area contributed by atoms with Crippen molar-refractivity contribution in [3.05, 3.63) is 53.7 Å². The molecule has 1 aromatic heterocycles. The van der Waals surface area contributed by atoms with E-state index in [1.54, 1.807) is 0 Å². The smallest absolute Gasteiger partial charge is 0.135 e. The SMILES string of the molecule is C=C(O)c1cn2c(n1)CCC(C1=CC=CCC1)=C2. The Morgan fingerprint density at radius 2 is 2.17 bits per heavy atom. The highest BCUT2D eigenvalue weighted by molar-refractivity contribution is 5.55. The lowest BCUT2D eigenvalue weighted by Gasteiger charge is -2.18. The predicted octanol–water partition coefficient (Wildman–Crippen LogP) is 3.48. The van der Waals surface area contributed by atoms with Crippen LogP contribution >= 0.6 is 0 Å². The molecular formula is C15H16N2O. The van der Waals surface area contributed by atoms with Crippen molar-refractivity contribution >= 4 is 12.0 Å². The molecule has 0 saturated heterocycles. The molecule has 0 bridgehead atoms. The molecule has 92 valence electrons. The molecule has 18 heavy (non-hydrogen) atoms. The van der Waals surface area contributed by atoms with Crippen LogP contribution in [0.1, 0.15) is 30.8 Å². The monoisotopic (exact) mass is 240 g/mol. The molecular weight excluding hydrogens is 224 g/mol. The molecule has 2 heterocycles. The van der Waals surface area contributed by atoms with Crippen molar-refractivity contribution in [3.63, 3.8) is 0 Å². The fourth-order valence-corrected chi connectivity index (χ4v) is 2.46. The Kier molecular flexibility index (Phi) is 2.67. The van der Waals surface area contributed by atoms with Crippen LogP contribution in [0, 0.1) is 0 Å². The number of aliphatic hydroxyl groups is 1. The maximum absolute atomic E-state index is 9.38. The standard InChI is InChI=1S/C15H16N2O/c1-11(18)14-10-17-9-13(7-8-15(17)16-14)12-5-3-2-4-6-12/h2-3,5,9-10,18H,1,4,6-8H2. The molecule has 3 rings (SSSR count). The zero-order valence-corrected chi connectivity index (χ0v) is 10.3. The lowest BCUT2D eigenvalue weighted by atomic mass is 9.93. The van der Waals surface area contributed by atoms with Crippen LogP contribution in [0.2, 0.25) is 0 Å². The van der Waals surface area contributed by atoms with Gasteiger partial charge in [-0.25, -0.2) is 4.98 Å². The van der Waals surface area contributed by atoms with Gasteiger partial charge in [-0.15, -0.1) is 0 Å². The molecule has 3 heteroatoms. The van der Waals surface area contributed by atoms with E-state index in [0.717, 1.165) is 31.5 Å². The third kappa shape index (κ3) is 1.92. The Bertz CT molecular complexity index is 588. The Balaban J connectivity index is 1.95. The number of hydrogen-bond acceptors (Lipinski definition) is 2. The first kappa shape index (κ1) is 11.1. The number of aryl methyl sites for hydroxylation is 1. The summed E-state index contributed by atoms with van der Waals surface area (Å²) in [6.45, 7) is 3.52. The van der Waals surface area contributed by atoms with Crippen LogP contribution in [0.5, 0.6) is 0 Å². The van der Waals surface area contributed by atoms with Crippen molar-refractivity contribution in [1.29, 1.82) is 0 Å². The van der Waals surface area contributed by atoms with E-state index in [9.17, 15) is 5.11 Å². The van der Waals surface area contributed by atoms with Gasteiger partial charge in [-0.05, 0) is 30.4 Å². The van der Waals surface area contributed by atoms with Crippen LogP contribution in [0.4, 0.5) is 0 Å². The molecule has 0 spiro atoms. The van der Waals surface area contributed by atoms with Crippen LogP contribution in [0.15, 0.2) is 42.2 Å². The Labute approximate surface area is 106 Å². The maximum Gasteiger partial charge on any atom is 0.135 e. The fraction of sp³-hybridized carbons (Fsp3) is 0.267. The topological polar surface area (TPSA) is 38.0 Å². The summed E-state index contributed by atoms with van der Waals surface area (Å²) in [6.07, 6.45) is 14.7. The van der Waals surface area contributed by atoms with Gasteiger partial charge in [0.25, 0.3) is 0 Å². The minimum Gasteiger partial charge on any atom is -0.506 e. The Morgan fingerprint density at radius 3 is 2.89 bits per heavy atom. The Hall–Kier alpha value is -2.03. The number of aromatic nitrogens is 2. The van der Waals surface area contributed by atoms with E-state index in [2.05, 4.69) is 36.0 Å². The second kappa shape index (κ2) is 4.33. The number of hydrogen-bond donors (Lipinski definition) is 1. The molecule has 2 aliphatic rings. The largest absolute Gasteiger partial charge is 0.506 e. The quantitative estimate of drug-likeness (QED) is 0.804. The zero-order valence-electron chi connectivity index (χ0n) is 10.3. The van der Waals surface area contributed by atoms with Gasteiger partial charge in [0.2, 0.25) is 0 Å². The number of aliphatic hydroxyl groups excluding tert-OH is 1. The molecule has 3 nitrogen and oxygen atoms in total. The second-order valence-corrected chi connectivity index (χ2v) is 4.71. The summed E-state index contributed by atoms with van der Waals surface area (Å²) >= 11 is 0. The minimum atomic E-state index is 0.0339. The van der Waals surface area contributed by atoms with Gasteiger partial charge < -0.3 is 9.67 Å². The fourth-order valence-electron chi connectivity index (χ4n) is 2.46. The second-order valence-electron chi connectivity index (χ2n) is 4.71. The lowest BCUT2D eigenvalue weighted by Crippen LogP contribution is -2.07. The van der Waals surface area contributed by atoms with Crippen molar-refractivity contribution < 1.29 is 5.11 Å². The number of allylic oxidation sites excluding steroid dienone is 5. The molecule has 0 fully saturated rings. The third-order valence-corrected chi connectivity index (χ3v) is 3.44. The van der Waals surface area contributed by atoms with Crippen LogP contribution in [-0.4, -0.2) is 14.7 Å². The van der Waals surface area contributed by atoms with Crippen molar-refractivity contribution in [2.75, 3.05) is 0 Å². The summed E-state index contributed by atoms with van der Waals surface area (Å²) in [5.41, 5.74) is 3.36. The van der Waals surface area contributed by atoms with E-state index >= 15 is 0 Å². The van der Waals surface area contributed by atoms with Gasteiger partial charge >= 0.3 is 0 Å². The average Bonchev–Trinajstić information content (AvgIpc) is 2.82. The molecule has 1 aromatic rings. The summed E-state index contributed by atoms with van der Waals surface area (Å²) in [6, 6.07) is 0. The van der Waals surface area contributed by atoms with Crippen LogP contribution in [0.25, 0.3) is 12.0 Å². The van der Waals surface area contributed by atoms with Crippen molar-refractivity contribution in [2.45, 2.75) is 25.7 Å². The van der Waals surface area contributed by atoms with Gasteiger partial charge in [-0.2, -0.15) is 0 Å². The van der Waals surface area contributed by atoms with Crippen LogP contribution in [0.3, 0.4) is 0 Å². The summed E-state index contributed by atoms with van der Waals surface area (Å²) in [7, 11) is 0. The first-order valence-corrected chi connectivity index (χ1v) is 6.27. The van der Waals surface area contributed by atoms with Gasteiger partial charge in [-0.1, -0.05) is 24.8 Å². The highest BCUT2D eigenvalue weighted by atomic mass is 16.3. The summed E-state index contributed by atoms with van der Waals surface area (Å²) < 4.78 is 2.01. The van der Waals surface area contributed by atoms with Crippen LogP contribution < -0.4 is 0 Å². The number of rotatable bonds is 2. The van der Waals surface area contributed by atoms with E-state index in [1.807, 2.05) is 10.8 Å². The molecule has 0 saturated carbocycles. The minimum absolute atomic E-state index is 0.0339. The number of fused-ring (bicyclic) bond motifs is 1. The average molecular weight is 240 g/mol. The normalized spacial score (nSPS) is 18.0. The molecule has 0 unspecified atom stereocenters. The van der Waals surface area contributed by atoms with Gasteiger partial charge in [-0.3, -0.25) is 0 Å². The van der Waals surface area contributed by atoms with Gasteiger partial charge in [0.05, 0.1) is 0 Å². The Morgan fingerprint density at radius 1 is 1.28 bits per heavy atom. The highest BCUT2D eigenvalue weighted by Crippen LogP contribution is 2.28. The van der Waals surface area contributed by atoms with Crippen molar-refractivity contribution in [2.24, 2.45) is 0 Å². The molecule has 0 amide bonds. The van der Waals surface area contributed by atoms with E-state index < -0.39 is 0 Å². The number of imidazole rings is 1. The van der Waals surface area contributed by atoms with E-state index in [-0.39, 0.29) is 5.76 Å². The summed E-state index contributed by atoms with van der Waals surface area (Å²) in [4.78, 5) is 4.37. The summed E-state index contributed by atoms with van der Waals surface area (Å²) in [5.74, 6) is 1.03. The van der Waals surface area contributed by atoms with Crippen LogP contribution in [-0.2, 0) is 6.42 Å². The maximum atomic E-state index is 9.38. The first-order valence-electron chi connectivity index (χ1n) is 6.27. The zero-order chi connectivity index (χ0) is 12.5. The lowest BCUT2D eigenvalue weighted by molar-refractivity contribution is 0.511. The molecule has 0 radical (unpaired) electrons. The van der Waals surface area contributed by atoms with Crippen molar-refractivity contribution in [1.82, 2.24) is 9.55 Å². The third-order valence-electron chi connectivity index (χ3n) is 3.44. The first-order chi connectivity index (χ1) is 8.74. The van der Waals surface area contributed by atoms with E-state index in [4.69, 9.17) is 0 Å². The molecule has 1 aliphatic carbocycles. The predicted molar refractivity (Wildman–Crippen MR) is 72.9 cm³/mol. The van der Waals surface area contributed by atoms with E-state index in [0.29, 0.717) is 5.69 Å². The van der Waals surface area contributed by atoms with E-state index in [1.165, 1.54) is 11.1 Å².